The molecule has 72 valence electrons. The highest BCUT2D eigenvalue weighted by atomic mass is 19.4. The van der Waals surface area contributed by atoms with E-state index in [1.807, 2.05) is 0 Å². The van der Waals surface area contributed by atoms with Crippen LogP contribution < -0.4 is 5.32 Å². The van der Waals surface area contributed by atoms with Crippen LogP contribution in [0.3, 0.4) is 0 Å². The molecular formula is C9H10F3N. The molecule has 0 aliphatic carbocycles. The van der Waals surface area contributed by atoms with Crippen LogP contribution in [0.15, 0.2) is 18.2 Å². The summed E-state index contributed by atoms with van der Waals surface area (Å²) in [6, 6.07) is 4.20. The highest BCUT2D eigenvalue weighted by Gasteiger charge is 2.33. The van der Waals surface area contributed by atoms with Crippen molar-refractivity contribution in [3.63, 3.8) is 0 Å². The maximum atomic E-state index is 12.4. The van der Waals surface area contributed by atoms with E-state index in [9.17, 15) is 13.2 Å². The Morgan fingerprint density at radius 2 is 1.85 bits per heavy atom. The molecule has 1 nitrogen and oxygen atoms in total. The average molecular weight is 189 g/mol. The van der Waals surface area contributed by atoms with Crippen molar-refractivity contribution in [2.75, 3.05) is 12.4 Å². The third-order valence-corrected chi connectivity index (χ3v) is 1.75. The van der Waals surface area contributed by atoms with Crippen LogP contribution in [0.25, 0.3) is 0 Å². The van der Waals surface area contributed by atoms with Crippen LogP contribution in [-0.2, 0) is 6.18 Å². The second-order valence-electron chi connectivity index (χ2n) is 2.80. The number of rotatable bonds is 1. The average Bonchev–Trinajstić information content (AvgIpc) is 2.03. The van der Waals surface area contributed by atoms with E-state index in [4.69, 9.17) is 0 Å². The van der Waals surface area contributed by atoms with E-state index in [1.54, 1.807) is 13.0 Å². The van der Waals surface area contributed by atoms with Gasteiger partial charge in [-0.25, -0.2) is 0 Å². The number of aryl methyl sites for hydroxylation is 1. The number of hydrogen-bond acceptors (Lipinski definition) is 1. The van der Waals surface area contributed by atoms with E-state index in [0.29, 0.717) is 5.56 Å². The predicted octanol–water partition coefficient (Wildman–Crippen LogP) is 3.06. The first-order valence-electron chi connectivity index (χ1n) is 3.80. The number of hydrogen-bond donors (Lipinski definition) is 1. The smallest absolute Gasteiger partial charge is 0.388 e. The van der Waals surface area contributed by atoms with E-state index >= 15 is 0 Å². The van der Waals surface area contributed by atoms with Gasteiger partial charge in [0, 0.05) is 12.7 Å². The fraction of sp³-hybridized carbons (Fsp3) is 0.333. The standard InChI is InChI=1S/C9H10F3N/c1-6-3-4-8(13-2)7(5-6)9(10,11)12/h3-5,13H,1-2H3. The van der Waals surface area contributed by atoms with Crippen LogP contribution in [0.1, 0.15) is 11.1 Å². The lowest BCUT2D eigenvalue weighted by Gasteiger charge is -2.12. The summed E-state index contributed by atoms with van der Waals surface area (Å²) in [4.78, 5) is 0. The van der Waals surface area contributed by atoms with E-state index in [-0.39, 0.29) is 5.69 Å². The van der Waals surface area contributed by atoms with Crippen LogP contribution in [-0.4, -0.2) is 7.05 Å². The molecule has 0 aliphatic rings. The number of halogens is 3. The van der Waals surface area contributed by atoms with Crippen LogP contribution in [0.2, 0.25) is 0 Å². The van der Waals surface area contributed by atoms with Crippen molar-refractivity contribution in [2.45, 2.75) is 13.1 Å². The molecule has 0 amide bonds. The van der Waals surface area contributed by atoms with Crippen LogP contribution >= 0.6 is 0 Å². The van der Waals surface area contributed by atoms with Crippen LogP contribution in [0.5, 0.6) is 0 Å². The number of alkyl halides is 3. The largest absolute Gasteiger partial charge is 0.418 e. The Bertz CT molecular complexity index is 304. The minimum absolute atomic E-state index is 0.109. The fourth-order valence-electron chi connectivity index (χ4n) is 1.11. The lowest BCUT2D eigenvalue weighted by molar-refractivity contribution is -0.137. The predicted molar refractivity (Wildman–Crippen MR) is 45.7 cm³/mol. The Hall–Kier alpha value is -1.19. The molecule has 0 unspecified atom stereocenters. The molecule has 1 aromatic rings. The topological polar surface area (TPSA) is 12.0 Å². The Balaban J connectivity index is 3.24. The lowest BCUT2D eigenvalue weighted by Crippen LogP contribution is -2.09. The molecule has 0 bridgehead atoms. The molecule has 0 atom stereocenters. The molecule has 0 aromatic heterocycles. The molecule has 1 aromatic carbocycles. The summed E-state index contributed by atoms with van der Waals surface area (Å²) in [6.45, 7) is 1.63. The van der Waals surface area contributed by atoms with Gasteiger partial charge in [0.25, 0.3) is 0 Å². The molecule has 0 radical (unpaired) electrons. The van der Waals surface area contributed by atoms with Gasteiger partial charge in [0.15, 0.2) is 0 Å². The van der Waals surface area contributed by atoms with Crippen LogP contribution in [0.4, 0.5) is 18.9 Å². The number of nitrogens with one attached hydrogen (secondary N) is 1. The number of benzene rings is 1. The SMILES string of the molecule is CNc1ccc(C)cc1C(F)(F)F. The summed E-state index contributed by atoms with van der Waals surface area (Å²) < 4.78 is 37.1. The quantitative estimate of drug-likeness (QED) is 0.715. The summed E-state index contributed by atoms with van der Waals surface area (Å²) in [5.74, 6) is 0. The molecule has 0 spiro atoms. The van der Waals surface area contributed by atoms with Gasteiger partial charge in [-0.1, -0.05) is 11.6 Å². The molecule has 0 aliphatic heterocycles. The zero-order valence-corrected chi connectivity index (χ0v) is 7.37. The van der Waals surface area contributed by atoms with Crippen molar-refractivity contribution in [3.8, 4) is 0 Å². The van der Waals surface area contributed by atoms with Gasteiger partial charge in [-0.3, -0.25) is 0 Å². The molecule has 0 fully saturated rings. The maximum absolute atomic E-state index is 12.4. The lowest BCUT2D eigenvalue weighted by atomic mass is 10.1. The van der Waals surface area contributed by atoms with Crippen molar-refractivity contribution < 1.29 is 13.2 Å². The van der Waals surface area contributed by atoms with Crippen molar-refractivity contribution in [1.29, 1.82) is 0 Å². The van der Waals surface area contributed by atoms with E-state index in [1.165, 1.54) is 13.1 Å². The van der Waals surface area contributed by atoms with Gasteiger partial charge in [0.2, 0.25) is 0 Å². The molecule has 0 heterocycles. The van der Waals surface area contributed by atoms with Crippen molar-refractivity contribution >= 4 is 5.69 Å². The molecule has 13 heavy (non-hydrogen) atoms. The summed E-state index contributed by atoms with van der Waals surface area (Å²) >= 11 is 0. The Kier molecular flexibility index (Phi) is 2.50. The van der Waals surface area contributed by atoms with Crippen LogP contribution in [0, 0.1) is 6.92 Å². The van der Waals surface area contributed by atoms with Gasteiger partial charge < -0.3 is 5.32 Å². The number of anilines is 1. The molecule has 1 rings (SSSR count). The second-order valence-corrected chi connectivity index (χ2v) is 2.80. The monoisotopic (exact) mass is 189 g/mol. The third kappa shape index (κ3) is 2.14. The van der Waals surface area contributed by atoms with Gasteiger partial charge in [0.05, 0.1) is 5.56 Å². The highest BCUT2D eigenvalue weighted by molar-refractivity contribution is 5.53. The zero-order valence-electron chi connectivity index (χ0n) is 7.37. The highest BCUT2D eigenvalue weighted by Crippen LogP contribution is 2.34. The van der Waals surface area contributed by atoms with E-state index in [2.05, 4.69) is 5.32 Å². The molecule has 0 saturated carbocycles. The van der Waals surface area contributed by atoms with Gasteiger partial charge in [-0.15, -0.1) is 0 Å². The van der Waals surface area contributed by atoms with Crippen molar-refractivity contribution in [3.05, 3.63) is 29.3 Å². The Morgan fingerprint density at radius 3 is 2.31 bits per heavy atom. The minimum atomic E-state index is -4.29. The minimum Gasteiger partial charge on any atom is -0.388 e. The molecular weight excluding hydrogens is 179 g/mol. The van der Waals surface area contributed by atoms with E-state index in [0.717, 1.165) is 6.07 Å². The summed E-state index contributed by atoms with van der Waals surface area (Å²) in [6.07, 6.45) is -4.29. The first kappa shape index (κ1) is 9.89. The summed E-state index contributed by atoms with van der Waals surface area (Å²) in [7, 11) is 1.47. The second kappa shape index (κ2) is 3.28. The first-order valence-corrected chi connectivity index (χ1v) is 3.80. The fourth-order valence-corrected chi connectivity index (χ4v) is 1.11. The van der Waals surface area contributed by atoms with E-state index < -0.39 is 11.7 Å². The maximum Gasteiger partial charge on any atom is 0.418 e. The van der Waals surface area contributed by atoms with Gasteiger partial charge in [-0.2, -0.15) is 13.2 Å². The zero-order chi connectivity index (χ0) is 10.1. The normalized spacial score (nSPS) is 11.5. The Labute approximate surface area is 74.6 Å². The molecule has 4 heteroatoms. The van der Waals surface area contributed by atoms with Crippen molar-refractivity contribution in [1.82, 2.24) is 0 Å². The third-order valence-electron chi connectivity index (χ3n) is 1.75. The molecule has 0 saturated heterocycles. The summed E-state index contributed by atoms with van der Waals surface area (Å²) in [5.41, 5.74) is 0.0967. The van der Waals surface area contributed by atoms with Gasteiger partial charge >= 0.3 is 6.18 Å². The first-order chi connectivity index (χ1) is 5.95. The molecule has 1 N–H and O–H groups in total. The van der Waals surface area contributed by atoms with Crippen molar-refractivity contribution in [2.24, 2.45) is 0 Å². The van der Waals surface area contributed by atoms with Gasteiger partial charge in [-0.05, 0) is 19.1 Å². The Morgan fingerprint density at radius 1 is 1.23 bits per heavy atom. The van der Waals surface area contributed by atoms with Gasteiger partial charge in [0.1, 0.15) is 0 Å². The summed E-state index contributed by atoms with van der Waals surface area (Å²) in [5, 5.41) is 2.51.